The highest BCUT2D eigenvalue weighted by molar-refractivity contribution is 5.79. The Morgan fingerprint density at radius 2 is 1.81 bits per heavy atom. The summed E-state index contributed by atoms with van der Waals surface area (Å²) >= 11 is 0. The van der Waals surface area contributed by atoms with Crippen LogP contribution in [0.4, 0.5) is 4.39 Å². The van der Waals surface area contributed by atoms with E-state index in [1.807, 2.05) is 24.3 Å². The lowest BCUT2D eigenvalue weighted by atomic mass is 10.1. The highest BCUT2D eigenvalue weighted by atomic mass is 19.1. The van der Waals surface area contributed by atoms with Crippen LogP contribution in [0.2, 0.25) is 0 Å². The zero-order valence-corrected chi connectivity index (χ0v) is 14.2. The second-order valence-corrected chi connectivity index (χ2v) is 6.29. The average Bonchev–Trinajstić information content (AvgIpc) is 3.10. The maximum atomic E-state index is 14.1. The first-order valence-corrected chi connectivity index (χ1v) is 8.58. The molecule has 0 aliphatic rings. The molecular formula is C21H14FN5. The van der Waals surface area contributed by atoms with Crippen molar-refractivity contribution in [2.75, 3.05) is 0 Å². The van der Waals surface area contributed by atoms with Gasteiger partial charge in [0, 0.05) is 23.6 Å². The second kappa shape index (κ2) is 6.25. The Morgan fingerprint density at radius 3 is 2.74 bits per heavy atom. The molecule has 6 heteroatoms. The number of nitrogens with zero attached hydrogens (tertiary/aromatic N) is 5. The normalized spacial score (nSPS) is 11.3. The van der Waals surface area contributed by atoms with Gasteiger partial charge in [0.2, 0.25) is 0 Å². The molecule has 27 heavy (non-hydrogen) atoms. The Bertz CT molecular complexity index is 1280. The van der Waals surface area contributed by atoms with Crippen molar-refractivity contribution in [3.63, 3.8) is 0 Å². The lowest BCUT2D eigenvalue weighted by molar-refractivity contribution is 0.630. The minimum atomic E-state index is -0.305. The molecule has 0 spiro atoms. The molecule has 5 rings (SSSR count). The van der Waals surface area contributed by atoms with Gasteiger partial charge in [0.05, 0.1) is 11.2 Å². The van der Waals surface area contributed by atoms with Crippen LogP contribution in [0.1, 0.15) is 11.4 Å². The molecule has 0 unspecified atom stereocenters. The van der Waals surface area contributed by atoms with Crippen LogP contribution in [-0.2, 0) is 6.42 Å². The van der Waals surface area contributed by atoms with E-state index in [1.165, 1.54) is 6.07 Å². The summed E-state index contributed by atoms with van der Waals surface area (Å²) in [6.45, 7) is 0. The fourth-order valence-corrected chi connectivity index (χ4v) is 3.17. The zero-order valence-electron chi connectivity index (χ0n) is 14.2. The molecular weight excluding hydrogens is 341 g/mol. The predicted molar refractivity (Wildman–Crippen MR) is 101 cm³/mol. The van der Waals surface area contributed by atoms with Gasteiger partial charge >= 0.3 is 0 Å². The Hall–Kier alpha value is -3.67. The van der Waals surface area contributed by atoms with Crippen molar-refractivity contribution in [3.05, 3.63) is 90.1 Å². The SMILES string of the molecule is Fc1ccccc1-c1ccc2nnc(Cc3ccc4ncccc4c3)n2n1. The highest BCUT2D eigenvalue weighted by Crippen LogP contribution is 2.21. The first-order valence-electron chi connectivity index (χ1n) is 8.58. The van der Waals surface area contributed by atoms with Crippen LogP contribution in [-0.4, -0.2) is 24.8 Å². The van der Waals surface area contributed by atoms with Crippen LogP contribution in [0.5, 0.6) is 0 Å². The van der Waals surface area contributed by atoms with Gasteiger partial charge in [0.25, 0.3) is 0 Å². The Balaban J connectivity index is 1.56. The standard InChI is InChI=1S/C21H14FN5/c22-17-6-2-1-5-16(17)19-9-10-20-24-25-21(27(20)26-19)13-14-7-8-18-15(12-14)4-3-11-23-18/h1-12H,13H2. The highest BCUT2D eigenvalue weighted by Gasteiger charge is 2.12. The topological polar surface area (TPSA) is 56.0 Å². The first kappa shape index (κ1) is 15.6. The smallest absolute Gasteiger partial charge is 0.177 e. The van der Waals surface area contributed by atoms with Gasteiger partial charge in [-0.2, -0.15) is 9.61 Å². The molecule has 0 amide bonds. The van der Waals surface area contributed by atoms with Gasteiger partial charge in [0.1, 0.15) is 5.82 Å². The van der Waals surface area contributed by atoms with Gasteiger partial charge in [-0.1, -0.05) is 24.3 Å². The van der Waals surface area contributed by atoms with Crippen LogP contribution in [0.3, 0.4) is 0 Å². The van der Waals surface area contributed by atoms with E-state index in [-0.39, 0.29) is 5.82 Å². The molecule has 130 valence electrons. The summed E-state index contributed by atoms with van der Waals surface area (Å²) in [7, 11) is 0. The number of pyridine rings is 1. The molecule has 0 radical (unpaired) electrons. The van der Waals surface area contributed by atoms with E-state index >= 15 is 0 Å². The summed E-state index contributed by atoms with van der Waals surface area (Å²) in [6.07, 6.45) is 2.35. The van der Waals surface area contributed by atoms with Crippen LogP contribution in [0, 0.1) is 5.82 Å². The second-order valence-electron chi connectivity index (χ2n) is 6.29. The van der Waals surface area contributed by atoms with Gasteiger partial charge in [-0.25, -0.2) is 4.39 Å². The van der Waals surface area contributed by atoms with Crippen molar-refractivity contribution in [2.45, 2.75) is 6.42 Å². The van der Waals surface area contributed by atoms with Crippen LogP contribution < -0.4 is 0 Å². The Kier molecular flexibility index (Phi) is 3.60. The third-order valence-electron chi connectivity index (χ3n) is 4.51. The van der Waals surface area contributed by atoms with Gasteiger partial charge in [0.15, 0.2) is 11.5 Å². The van der Waals surface area contributed by atoms with Crippen molar-refractivity contribution in [1.29, 1.82) is 0 Å². The maximum absolute atomic E-state index is 14.1. The summed E-state index contributed by atoms with van der Waals surface area (Å²) in [5.74, 6) is 0.396. The lowest BCUT2D eigenvalue weighted by Crippen LogP contribution is -2.02. The Labute approximate surface area is 154 Å². The number of hydrogen-bond donors (Lipinski definition) is 0. The quantitative estimate of drug-likeness (QED) is 0.490. The third kappa shape index (κ3) is 2.81. The molecule has 0 aliphatic heterocycles. The monoisotopic (exact) mass is 355 g/mol. The van der Waals surface area contributed by atoms with E-state index in [2.05, 4.69) is 26.3 Å². The van der Waals surface area contributed by atoms with Crippen molar-refractivity contribution < 1.29 is 4.39 Å². The van der Waals surface area contributed by atoms with E-state index in [0.29, 0.717) is 29.1 Å². The summed E-state index contributed by atoms with van der Waals surface area (Å²) in [5.41, 5.74) is 3.67. The molecule has 0 N–H and O–H groups in total. The average molecular weight is 355 g/mol. The minimum absolute atomic E-state index is 0.305. The molecule has 0 aliphatic carbocycles. The number of rotatable bonds is 3. The number of fused-ring (bicyclic) bond motifs is 2. The predicted octanol–water partition coefficient (Wildman–Crippen LogP) is 4.07. The molecule has 0 saturated heterocycles. The van der Waals surface area contributed by atoms with Crippen molar-refractivity contribution >= 4 is 16.6 Å². The van der Waals surface area contributed by atoms with E-state index in [9.17, 15) is 4.39 Å². The van der Waals surface area contributed by atoms with Crippen molar-refractivity contribution in [1.82, 2.24) is 24.8 Å². The zero-order chi connectivity index (χ0) is 18.2. The molecule has 0 bridgehead atoms. The van der Waals surface area contributed by atoms with E-state index in [0.717, 1.165) is 16.5 Å². The van der Waals surface area contributed by atoms with Crippen LogP contribution >= 0.6 is 0 Å². The van der Waals surface area contributed by atoms with Gasteiger partial charge < -0.3 is 0 Å². The van der Waals surface area contributed by atoms with Gasteiger partial charge in [-0.3, -0.25) is 4.98 Å². The molecule has 3 aromatic heterocycles. The molecule has 5 aromatic rings. The lowest BCUT2D eigenvalue weighted by Gasteiger charge is -2.05. The number of hydrogen-bond acceptors (Lipinski definition) is 4. The summed E-state index contributed by atoms with van der Waals surface area (Å²) in [4.78, 5) is 4.34. The van der Waals surface area contributed by atoms with Gasteiger partial charge in [-0.15, -0.1) is 10.2 Å². The first-order chi connectivity index (χ1) is 13.3. The Morgan fingerprint density at radius 1 is 0.889 bits per heavy atom. The maximum Gasteiger partial charge on any atom is 0.177 e. The third-order valence-corrected chi connectivity index (χ3v) is 4.51. The minimum Gasteiger partial charge on any atom is -0.256 e. The van der Waals surface area contributed by atoms with Gasteiger partial charge in [-0.05, 0) is 48.0 Å². The van der Waals surface area contributed by atoms with Crippen LogP contribution in [0.25, 0.3) is 27.8 Å². The molecule has 3 heterocycles. The summed E-state index contributed by atoms with van der Waals surface area (Å²) in [6, 6.07) is 20.2. The molecule has 0 saturated carbocycles. The fraction of sp³-hybridized carbons (Fsp3) is 0.0476. The number of halogens is 1. The van der Waals surface area contributed by atoms with E-state index in [1.54, 1.807) is 41.0 Å². The van der Waals surface area contributed by atoms with Crippen molar-refractivity contribution in [3.8, 4) is 11.3 Å². The molecule has 0 atom stereocenters. The van der Waals surface area contributed by atoms with Crippen molar-refractivity contribution in [2.24, 2.45) is 0 Å². The summed E-state index contributed by atoms with van der Waals surface area (Å²) in [5, 5.41) is 14.1. The number of aromatic nitrogens is 5. The molecule has 0 fully saturated rings. The van der Waals surface area contributed by atoms with E-state index in [4.69, 9.17) is 0 Å². The van der Waals surface area contributed by atoms with E-state index < -0.39 is 0 Å². The number of benzene rings is 2. The van der Waals surface area contributed by atoms with Crippen LogP contribution in [0.15, 0.2) is 72.9 Å². The fourth-order valence-electron chi connectivity index (χ4n) is 3.17. The largest absolute Gasteiger partial charge is 0.256 e. The molecule has 5 nitrogen and oxygen atoms in total. The molecule has 2 aromatic carbocycles. The summed E-state index contributed by atoms with van der Waals surface area (Å²) < 4.78 is 15.8.